The molecule has 0 bridgehead atoms. The molecule has 0 radical (unpaired) electrons. The number of nitrogens with zero attached hydrogens (tertiary/aromatic N) is 2. The Morgan fingerprint density at radius 2 is 0.886 bits per heavy atom. The van der Waals surface area contributed by atoms with E-state index in [1.165, 1.54) is 85.4 Å². The van der Waals surface area contributed by atoms with E-state index in [-0.39, 0.29) is 0 Å². The van der Waals surface area contributed by atoms with E-state index in [0.717, 1.165) is 39.0 Å². The van der Waals surface area contributed by atoms with E-state index >= 15 is 0 Å². The maximum atomic E-state index is 5.11. The van der Waals surface area contributed by atoms with E-state index in [1.54, 1.807) is 0 Å². The van der Waals surface area contributed by atoms with Gasteiger partial charge in [-0.25, -0.2) is 9.97 Å². The average molecular weight is 925 g/mol. The summed E-state index contributed by atoms with van der Waals surface area (Å²) < 4.78 is 2.56. The summed E-state index contributed by atoms with van der Waals surface area (Å²) in [4.78, 5) is 10.1. The average Bonchev–Trinajstić information content (AvgIpc) is 3.93. The van der Waals surface area contributed by atoms with Crippen molar-refractivity contribution >= 4 is 71.4 Å². The molecule has 10 aromatic carbocycles. The van der Waals surface area contributed by atoms with Crippen molar-refractivity contribution in [2.75, 3.05) is 0 Å². The molecule has 0 fully saturated rings. The molecule has 0 atom stereocenters. The van der Waals surface area contributed by atoms with Crippen molar-refractivity contribution < 1.29 is 0 Å². The zero-order valence-electron chi connectivity index (χ0n) is 38.7. The Kier molecular flexibility index (Phi) is 10.1. The van der Waals surface area contributed by atoms with Crippen LogP contribution >= 0.6 is 11.3 Å². The summed E-state index contributed by atoms with van der Waals surface area (Å²) in [6.07, 6.45) is 0. The monoisotopic (exact) mass is 924 g/mol. The molecule has 0 aliphatic carbocycles. The molecule has 0 unspecified atom stereocenters. The number of fused-ring (bicyclic) bond motifs is 7. The zero-order chi connectivity index (χ0) is 46.8. The Morgan fingerprint density at radius 3 is 1.51 bits per heavy atom. The van der Waals surface area contributed by atoms with Gasteiger partial charge in [-0.3, -0.25) is 0 Å². The number of rotatable bonds is 6. The van der Waals surface area contributed by atoms with Crippen molar-refractivity contribution in [3.8, 4) is 67.6 Å². The summed E-state index contributed by atoms with van der Waals surface area (Å²) in [5.74, 6) is 6.69. The van der Waals surface area contributed by atoms with Crippen LogP contribution in [0.25, 0.3) is 87.0 Å². The molecular formula is C66H44N2SSi. The van der Waals surface area contributed by atoms with Crippen molar-refractivity contribution in [3.63, 3.8) is 0 Å². The highest BCUT2D eigenvalue weighted by atomic mass is 32.1. The van der Waals surface area contributed by atoms with Gasteiger partial charge in [0.25, 0.3) is 0 Å². The quantitative estimate of drug-likeness (QED) is 0.123. The first-order chi connectivity index (χ1) is 34.5. The number of thiophene rings is 1. The van der Waals surface area contributed by atoms with Gasteiger partial charge in [-0.1, -0.05) is 200 Å². The normalized spacial score (nSPS) is 12.4. The lowest BCUT2D eigenvalue weighted by Gasteiger charge is -2.31. The Hall–Kier alpha value is -8.46. The first-order valence-corrected chi connectivity index (χ1v) is 26.7. The molecule has 0 spiro atoms. The van der Waals surface area contributed by atoms with Gasteiger partial charge in [-0.15, -0.1) is 11.3 Å². The van der Waals surface area contributed by atoms with Crippen LogP contribution in [0.15, 0.2) is 231 Å². The fourth-order valence-corrected chi connectivity index (χ4v) is 17.0. The molecule has 0 N–H and O–H groups in total. The SMILES string of the molecule is Cc1ccc(C#Cc2nc3cc(C)ccc3nc2-c2ccc(-c3ccc4c(c3)sc3cc(-c5ccc(-c6ccc7c(c6)-c6ccccc6[Si]7(c6ccccc6)c6ccccc6)cc5)ccc34)cc2)cc1. The molecule has 0 amide bonds. The molecule has 13 rings (SSSR count). The molecule has 3 heterocycles. The molecule has 70 heavy (non-hydrogen) atoms. The molecule has 12 aromatic rings. The summed E-state index contributed by atoms with van der Waals surface area (Å²) in [7, 11) is -2.50. The van der Waals surface area contributed by atoms with E-state index < -0.39 is 8.07 Å². The molecule has 0 saturated heterocycles. The molecular weight excluding hydrogens is 881 g/mol. The first kappa shape index (κ1) is 41.7. The van der Waals surface area contributed by atoms with Gasteiger partial charge in [0.1, 0.15) is 11.4 Å². The lowest BCUT2D eigenvalue weighted by Crippen LogP contribution is -2.72. The molecule has 1 aliphatic heterocycles. The van der Waals surface area contributed by atoms with E-state index in [4.69, 9.17) is 9.97 Å². The van der Waals surface area contributed by atoms with Crippen molar-refractivity contribution in [1.29, 1.82) is 0 Å². The number of hydrogen-bond donors (Lipinski definition) is 0. The van der Waals surface area contributed by atoms with Crippen LogP contribution in [-0.4, -0.2) is 18.0 Å². The molecule has 328 valence electrons. The minimum Gasteiger partial charge on any atom is -0.243 e. The second-order valence-corrected chi connectivity index (χ2v) is 23.3. The molecule has 2 aromatic heterocycles. The maximum absolute atomic E-state index is 5.11. The van der Waals surface area contributed by atoms with E-state index in [2.05, 4.69) is 250 Å². The largest absolute Gasteiger partial charge is 0.243 e. The van der Waals surface area contributed by atoms with Crippen LogP contribution in [0.3, 0.4) is 0 Å². The second kappa shape index (κ2) is 16.9. The number of aromatic nitrogens is 2. The van der Waals surface area contributed by atoms with Gasteiger partial charge in [0, 0.05) is 31.3 Å². The smallest absolute Gasteiger partial charge is 0.180 e. The molecule has 4 heteroatoms. The number of hydrogen-bond acceptors (Lipinski definition) is 3. The molecule has 2 nitrogen and oxygen atoms in total. The van der Waals surface area contributed by atoms with Gasteiger partial charge in [0.2, 0.25) is 0 Å². The lowest BCUT2D eigenvalue weighted by molar-refractivity contribution is 1.25. The topological polar surface area (TPSA) is 25.8 Å². The predicted molar refractivity (Wildman–Crippen MR) is 299 cm³/mol. The van der Waals surface area contributed by atoms with Crippen molar-refractivity contribution in [3.05, 3.63) is 253 Å². The van der Waals surface area contributed by atoms with Crippen LogP contribution in [-0.2, 0) is 0 Å². The standard InChI is InChI=1S/C66H44N2SSi/c1-43-17-20-45(21-18-43)22-37-60-66(68-59-36-19-44(2)39-61(59)67-60)49-29-27-48(28-30-49)52-32-35-56-55-34-31-51(41-62(55)69-63(56)42-52)47-25-23-46(24-26-47)50-33-38-65-58(40-50)57-15-9-10-16-64(57)70(65,53-11-5-3-6-12-53)54-13-7-4-8-14-54/h3-21,23-36,38-42H,1-2H3. The summed E-state index contributed by atoms with van der Waals surface area (Å²) in [5.41, 5.74) is 17.4. The Bertz CT molecular complexity index is 4010. The number of aryl methyl sites for hydroxylation is 2. The minimum atomic E-state index is -2.50. The Balaban J connectivity index is 0.791. The third-order valence-electron chi connectivity index (χ3n) is 14.2. The number of benzene rings is 10. The third kappa shape index (κ3) is 7.10. The first-order valence-electron chi connectivity index (χ1n) is 23.9. The van der Waals surface area contributed by atoms with Crippen molar-refractivity contribution in [2.24, 2.45) is 0 Å². The van der Waals surface area contributed by atoms with Crippen LogP contribution in [0, 0.1) is 25.7 Å². The van der Waals surface area contributed by atoms with Crippen LogP contribution in [0.5, 0.6) is 0 Å². The van der Waals surface area contributed by atoms with E-state index in [0.29, 0.717) is 5.69 Å². The van der Waals surface area contributed by atoms with Gasteiger partial charge >= 0.3 is 0 Å². The Morgan fingerprint density at radius 1 is 0.371 bits per heavy atom. The fourth-order valence-electron chi connectivity index (χ4n) is 10.7. The fraction of sp³-hybridized carbons (Fsp3) is 0.0303. The second-order valence-electron chi connectivity index (χ2n) is 18.5. The van der Waals surface area contributed by atoms with Gasteiger partial charge in [-0.2, -0.15) is 0 Å². The minimum absolute atomic E-state index is 0.676. The highest BCUT2D eigenvalue weighted by Crippen LogP contribution is 2.40. The maximum Gasteiger partial charge on any atom is 0.180 e. The molecule has 0 saturated carbocycles. The summed E-state index contributed by atoms with van der Waals surface area (Å²) >= 11 is 1.86. The highest BCUT2D eigenvalue weighted by Gasteiger charge is 2.48. The van der Waals surface area contributed by atoms with Crippen LogP contribution in [0.4, 0.5) is 0 Å². The van der Waals surface area contributed by atoms with Gasteiger partial charge in [0.05, 0.1) is 11.0 Å². The van der Waals surface area contributed by atoms with Gasteiger partial charge in [-0.05, 0) is 133 Å². The third-order valence-corrected chi connectivity index (χ3v) is 20.2. The highest BCUT2D eigenvalue weighted by molar-refractivity contribution is 7.26. The van der Waals surface area contributed by atoms with E-state index in [1.807, 2.05) is 17.4 Å². The zero-order valence-corrected chi connectivity index (χ0v) is 40.6. The predicted octanol–water partition coefficient (Wildman–Crippen LogP) is 14.0. The Labute approximate surface area is 413 Å². The molecule has 1 aliphatic rings. The van der Waals surface area contributed by atoms with Gasteiger partial charge < -0.3 is 0 Å². The summed E-state index contributed by atoms with van der Waals surface area (Å²) in [5, 5.41) is 8.34. The summed E-state index contributed by atoms with van der Waals surface area (Å²) in [6.45, 7) is 4.17. The van der Waals surface area contributed by atoms with Crippen molar-refractivity contribution in [2.45, 2.75) is 13.8 Å². The van der Waals surface area contributed by atoms with E-state index in [9.17, 15) is 0 Å². The van der Waals surface area contributed by atoms with Crippen LogP contribution in [0.1, 0.15) is 22.4 Å². The lowest BCUT2D eigenvalue weighted by atomic mass is 9.97. The van der Waals surface area contributed by atoms with Gasteiger partial charge in [0.15, 0.2) is 8.07 Å². The van der Waals surface area contributed by atoms with Crippen LogP contribution < -0.4 is 20.7 Å². The summed E-state index contributed by atoms with van der Waals surface area (Å²) in [6, 6.07) is 84.9. The van der Waals surface area contributed by atoms with Crippen LogP contribution in [0.2, 0.25) is 0 Å². The van der Waals surface area contributed by atoms with Crippen molar-refractivity contribution in [1.82, 2.24) is 9.97 Å².